The van der Waals surface area contributed by atoms with Crippen LogP contribution in [0.3, 0.4) is 0 Å². The molecule has 1 aliphatic heterocycles. The minimum absolute atomic E-state index is 0.129. The third-order valence-corrected chi connectivity index (χ3v) is 5.20. The molecule has 5 nitrogen and oxygen atoms in total. The van der Waals surface area contributed by atoms with Gasteiger partial charge in [-0.15, -0.1) is 0 Å². The van der Waals surface area contributed by atoms with Gasteiger partial charge in [-0.3, -0.25) is 9.59 Å². The molecule has 148 valence electrons. The first-order valence-corrected chi connectivity index (χ1v) is 9.66. The first-order valence-electron chi connectivity index (χ1n) is 9.28. The quantitative estimate of drug-likeness (QED) is 0.674. The molecule has 0 fully saturated rings. The molecule has 0 radical (unpaired) electrons. The van der Waals surface area contributed by atoms with Gasteiger partial charge in [-0.1, -0.05) is 11.6 Å². The molecule has 0 aromatic heterocycles. The van der Waals surface area contributed by atoms with Crippen LogP contribution in [0.15, 0.2) is 42.5 Å². The van der Waals surface area contributed by atoms with E-state index in [2.05, 4.69) is 0 Å². The van der Waals surface area contributed by atoms with Gasteiger partial charge in [-0.25, -0.2) is 0 Å². The first-order chi connectivity index (χ1) is 13.3. The van der Waals surface area contributed by atoms with Crippen molar-refractivity contribution in [2.45, 2.75) is 45.3 Å². The van der Waals surface area contributed by atoms with Gasteiger partial charge in [0.1, 0.15) is 5.75 Å². The van der Waals surface area contributed by atoms with E-state index in [0.29, 0.717) is 16.3 Å². The maximum absolute atomic E-state index is 13.2. The van der Waals surface area contributed by atoms with E-state index in [1.54, 1.807) is 36.3 Å². The predicted octanol–water partition coefficient (Wildman–Crippen LogP) is 4.82. The predicted molar refractivity (Wildman–Crippen MR) is 109 cm³/mol. The Balaban J connectivity index is 1.97. The Morgan fingerprint density at radius 1 is 1.14 bits per heavy atom. The van der Waals surface area contributed by atoms with E-state index in [0.717, 1.165) is 11.3 Å². The Morgan fingerprint density at radius 2 is 1.82 bits per heavy atom. The Labute approximate surface area is 170 Å². The lowest BCUT2D eigenvalue weighted by Crippen LogP contribution is -2.37. The van der Waals surface area contributed by atoms with E-state index in [4.69, 9.17) is 21.1 Å². The average molecular weight is 402 g/mol. The van der Waals surface area contributed by atoms with Crippen LogP contribution in [0.25, 0.3) is 0 Å². The normalized spacial score (nSPS) is 18.1. The maximum Gasteiger partial charge on any atom is 0.306 e. The summed E-state index contributed by atoms with van der Waals surface area (Å²) in [5, 5.41) is 0.575. The van der Waals surface area contributed by atoms with Crippen molar-refractivity contribution < 1.29 is 19.1 Å². The molecule has 2 unspecified atom stereocenters. The molecular formula is C22H24ClNO4. The lowest BCUT2D eigenvalue weighted by molar-refractivity contribution is -0.147. The number of nitrogens with zero attached hydrogens (tertiary/aromatic N) is 1. The number of benzene rings is 2. The number of carbonyl (C=O) groups excluding carboxylic acids is 2. The molecule has 2 aromatic carbocycles. The number of ether oxygens (including phenoxy) is 2. The van der Waals surface area contributed by atoms with Crippen LogP contribution < -0.4 is 9.64 Å². The molecule has 3 rings (SSSR count). The summed E-state index contributed by atoms with van der Waals surface area (Å²) in [6.45, 7) is 5.60. The molecule has 1 amide bonds. The minimum Gasteiger partial charge on any atom is -0.497 e. The summed E-state index contributed by atoms with van der Waals surface area (Å²) in [4.78, 5) is 27.3. The van der Waals surface area contributed by atoms with Crippen molar-refractivity contribution in [1.82, 2.24) is 0 Å². The van der Waals surface area contributed by atoms with Crippen molar-refractivity contribution in [2.75, 3.05) is 12.0 Å². The Morgan fingerprint density at radius 3 is 2.43 bits per heavy atom. The fourth-order valence-electron chi connectivity index (χ4n) is 3.63. The number of rotatable bonds is 5. The van der Waals surface area contributed by atoms with Gasteiger partial charge in [-0.05, 0) is 68.8 Å². The van der Waals surface area contributed by atoms with Crippen LogP contribution in [0, 0.1) is 0 Å². The van der Waals surface area contributed by atoms with Crippen LogP contribution >= 0.6 is 11.6 Å². The zero-order valence-electron chi connectivity index (χ0n) is 16.4. The number of fused-ring (bicyclic) bond motifs is 1. The largest absolute Gasteiger partial charge is 0.497 e. The second kappa shape index (κ2) is 8.23. The Bertz CT molecular complexity index is 879. The third-order valence-electron chi connectivity index (χ3n) is 4.95. The second-order valence-corrected chi connectivity index (χ2v) is 7.63. The fraction of sp³-hybridized carbons (Fsp3) is 0.364. The highest BCUT2D eigenvalue weighted by molar-refractivity contribution is 6.30. The van der Waals surface area contributed by atoms with Gasteiger partial charge in [0, 0.05) is 28.2 Å². The summed E-state index contributed by atoms with van der Waals surface area (Å²) in [5.41, 5.74) is 2.24. The zero-order chi connectivity index (χ0) is 20.4. The Kier molecular flexibility index (Phi) is 5.94. The molecule has 2 aromatic rings. The molecule has 1 aliphatic rings. The van der Waals surface area contributed by atoms with Gasteiger partial charge >= 0.3 is 5.97 Å². The van der Waals surface area contributed by atoms with Crippen molar-refractivity contribution in [3.05, 3.63) is 58.6 Å². The number of halogens is 1. The fourth-order valence-corrected chi connectivity index (χ4v) is 3.76. The van der Waals surface area contributed by atoms with E-state index in [9.17, 15) is 9.59 Å². The number of carbonyl (C=O) groups is 2. The van der Waals surface area contributed by atoms with Crippen molar-refractivity contribution in [3.8, 4) is 5.75 Å². The van der Waals surface area contributed by atoms with Crippen molar-refractivity contribution in [1.29, 1.82) is 0 Å². The lowest BCUT2D eigenvalue weighted by atomic mass is 9.92. The van der Waals surface area contributed by atoms with Crippen molar-refractivity contribution in [2.24, 2.45) is 0 Å². The van der Waals surface area contributed by atoms with Gasteiger partial charge in [0.15, 0.2) is 0 Å². The lowest BCUT2D eigenvalue weighted by Gasteiger charge is -2.25. The minimum atomic E-state index is -0.276. The number of hydrogen-bond donors (Lipinski definition) is 0. The van der Waals surface area contributed by atoms with Crippen LogP contribution in [-0.2, 0) is 9.53 Å². The molecule has 0 aliphatic carbocycles. The van der Waals surface area contributed by atoms with Gasteiger partial charge < -0.3 is 14.4 Å². The highest BCUT2D eigenvalue weighted by atomic mass is 35.5. The summed E-state index contributed by atoms with van der Waals surface area (Å²) < 4.78 is 10.7. The second-order valence-electron chi connectivity index (χ2n) is 7.20. The van der Waals surface area contributed by atoms with Crippen molar-refractivity contribution in [3.63, 3.8) is 0 Å². The average Bonchev–Trinajstić information content (AvgIpc) is 2.92. The molecule has 6 heteroatoms. The topological polar surface area (TPSA) is 55.8 Å². The van der Waals surface area contributed by atoms with E-state index >= 15 is 0 Å². The molecule has 0 saturated carbocycles. The van der Waals surface area contributed by atoms with E-state index in [1.165, 1.54) is 0 Å². The van der Waals surface area contributed by atoms with Gasteiger partial charge in [-0.2, -0.15) is 0 Å². The molecule has 1 heterocycles. The SMILES string of the molecule is COc1ccc2c(c1)C(CC(=O)OC(C)C)C(C)N2C(=O)c1ccc(Cl)cc1. The summed E-state index contributed by atoms with van der Waals surface area (Å²) in [6, 6.07) is 12.2. The summed E-state index contributed by atoms with van der Waals surface area (Å²) in [6.07, 6.45) is 0.0185. The standard InChI is InChI=1S/C22H24ClNO4/c1-13(2)28-21(25)12-18-14(3)24(20-10-9-17(27-4)11-19(18)20)22(26)15-5-7-16(23)8-6-15/h5-11,13-14,18H,12H2,1-4H3. The monoisotopic (exact) mass is 401 g/mol. The van der Waals surface area contributed by atoms with Crippen molar-refractivity contribution >= 4 is 29.2 Å². The van der Waals surface area contributed by atoms with Crippen LogP contribution in [0.1, 0.15) is 49.0 Å². The highest BCUT2D eigenvalue weighted by Crippen LogP contribution is 2.45. The van der Waals surface area contributed by atoms with Gasteiger partial charge in [0.25, 0.3) is 5.91 Å². The Hall–Kier alpha value is -2.53. The maximum atomic E-state index is 13.2. The first kappa shape index (κ1) is 20.2. The van der Waals surface area contributed by atoms with Gasteiger partial charge in [0.05, 0.1) is 19.6 Å². The van der Waals surface area contributed by atoms with E-state index < -0.39 is 0 Å². The van der Waals surface area contributed by atoms with Crippen LogP contribution in [-0.4, -0.2) is 31.1 Å². The summed E-state index contributed by atoms with van der Waals surface area (Å²) in [5.74, 6) is 0.110. The third kappa shape index (κ3) is 3.99. The van der Waals surface area contributed by atoms with E-state index in [-0.39, 0.29) is 36.4 Å². The van der Waals surface area contributed by atoms with E-state index in [1.807, 2.05) is 39.0 Å². The molecule has 0 N–H and O–H groups in total. The molecule has 2 atom stereocenters. The highest BCUT2D eigenvalue weighted by Gasteiger charge is 2.40. The summed E-state index contributed by atoms with van der Waals surface area (Å²) in [7, 11) is 1.60. The molecule has 0 saturated heterocycles. The molecule has 0 spiro atoms. The van der Waals surface area contributed by atoms with Gasteiger partial charge in [0.2, 0.25) is 0 Å². The number of anilines is 1. The zero-order valence-corrected chi connectivity index (χ0v) is 17.2. The number of amides is 1. The molecule has 0 bridgehead atoms. The molecule has 28 heavy (non-hydrogen) atoms. The van der Waals surface area contributed by atoms with Crippen LogP contribution in [0.5, 0.6) is 5.75 Å². The number of hydrogen-bond acceptors (Lipinski definition) is 4. The molecular weight excluding hydrogens is 378 g/mol. The van der Waals surface area contributed by atoms with Crippen LogP contribution in [0.2, 0.25) is 5.02 Å². The summed E-state index contributed by atoms with van der Waals surface area (Å²) >= 11 is 5.95. The number of esters is 1. The van der Waals surface area contributed by atoms with Crippen LogP contribution in [0.4, 0.5) is 5.69 Å². The number of methoxy groups -OCH3 is 1. The smallest absolute Gasteiger partial charge is 0.306 e.